The maximum Gasteiger partial charge on any atom is 0.286 e. The molecule has 1 N–H and O–H groups in total. The molecule has 0 spiro atoms. The van der Waals surface area contributed by atoms with Gasteiger partial charge < -0.3 is 10.0 Å². The van der Waals surface area contributed by atoms with Gasteiger partial charge in [-0.25, -0.2) is 8.78 Å². The molecule has 4 rings (SSSR count). The van der Waals surface area contributed by atoms with Crippen LogP contribution in [-0.4, -0.2) is 56.3 Å². The van der Waals surface area contributed by atoms with Gasteiger partial charge in [0.15, 0.2) is 0 Å². The monoisotopic (exact) mass is 465 g/mol. The minimum absolute atomic E-state index is 0.0893. The topological polar surface area (TPSA) is 110 Å². The normalized spacial score (nSPS) is 14.7. The lowest BCUT2D eigenvalue weighted by Crippen LogP contribution is -2.33. The molecular formula is C20H21F2N5O4S. The lowest BCUT2D eigenvalue weighted by molar-refractivity contribution is -0.134. The molecule has 1 aliphatic heterocycles. The molecule has 0 aliphatic carbocycles. The summed E-state index contributed by atoms with van der Waals surface area (Å²) in [5.74, 6) is -1.00. The molecule has 170 valence electrons. The minimum atomic E-state index is -4.13. The molecule has 12 heteroatoms. The number of hydrogen-bond donors (Lipinski definition) is 1. The lowest BCUT2D eigenvalue weighted by Gasteiger charge is -2.22. The largest absolute Gasteiger partial charge is 0.395 e. The summed E-state index contributed by atoms with van der Waals surface area (Å²) in [6, 6.07) is 8.90. The van der Waals surface area contributed by atoms with Gasteiger partial charge in [-0.15, -0.1) is 0 Å². The second-order valence-electron chi connectivity index (χ2n) is 7.49. The Hall–Kier alpha value is -3.12. The van der Waals surface area contributed by atoms with Crippen LogP contribution < -0.4 is 0 Å². The summed E-state index contributed by atoms with van der Waals surface area (Å²) >= 11 is 0. The molecule has 0 radical (unpaired) electrons. The summed E-state index contributed by atoms with van der Waals surface area (Å²) in [5, 5.41) is 17.6. The lowest BCUT2D eigenvalue weighted by atomic mass is 9.98. The van der Waals surface area contributed by atoms with E-state index in [-0.39, 0.29) is 36.2 Å². The van der Waals surface area contributed by atoms with Crippen LogP contribution in [0.5, 0.6) is 0 Å². The van der Waals surface area contributed by atoms with Crippen molar-refractivity contribution in [2.24, 2.45) is 0 Å². The van der Waals surface area contributed by atoms with Crippen molar-refractivity contribution < 1.29 is 27.1 Å². The van der Waals surface area contributed by atoms with Crippen molar-refractivity contribution in [2.45, 2.75) is 43.8 Å². The highest BCUT2D eigenvalue weighted by Gasteiger charge is 2.34. The molecule has 0 bridgehead atoms. The van der Waals surface area contributed by atoms with E-state index in [0.717, 1.165) is 15.0 Å². The van der Waals surface area contributed by atoms with Gasteiger partial charge in [-0.1, -0.05) is 30.3 Å². The molecule has 1 amide bonds. The zero-order valence-corrected chi connectivity index (χ0v) is 17.9. The number of fused-ring (bicyclic) bond motifs is 1. The van der Waals surface area contributed by atoms with E-state index in [9.17, 15) is 27.1 Å². The standard InChI is InChI=1S/C20H21F2N5O4S/c1-13-18(7-23-26(13)11-19(21)22)32(30,31)27-9-15-8-25(10-17(15)24-27)20(29)16(12-28)14-5-3-2-4-6-14/h2-7,9,16,19,28H,8,10-12H2,1H3/t16-/m0/s1. The fraction of sp³-hybridized carbons (Fsp3) is 0.350. The van der Waals surface area contributed by atoms with Gasteiger partial charge in [0.25, 0.3) is 16.4 Å². The highest BCUT2D eigenvalue weighted by atomic mass is 32.2. The zero-order chi connectivity index (χ0) is 23.0. The van der Waals surface area contributed by atoms with E-state index in [1.807, 2.05) is 6.07 Å². The van der Waals surface area contributed by atoms with Crippen molar-refractivity contribution in [3.63, 3.8) is 0 Å². The molecule has 1 aliphatic rings. The highest BCUT2D eigenvalue weighted by Crippen LogP contribution is 2.28. The first kappa shape index (κ1) is 22.1. The van der Waals surface area contributed by atoms with E-state index in [2.05, 4.69) is 10.2 Å². The van der Waals surface area contributed by atoms with Gasteiger partial charge in [-0.3, -0.25) is 9.48 Å². The van der Waals surface area contributed by atoms with Crippen molar-refractivity contribution in [1.29, 1.82) is 0 Å². The maximum absolute atomic E-state index is 13.0. The van der Waals surface area contributed by atoms with Crippen LogP contribution in [0.3, 0.4) is 0 Å². The van der Waals surface area contributed by atoms with Crippen LogP contribution >= 0.6 is 0 Å². The van der Waals surface area contributed by atoms with Crippen molar-refractivity contribution in [3.8, 4) is 0 Å². The Kier molecular flexibility index (Phi) is 5.82. The predicted octanol–water partition coefficient (Wildman–Crippen LogP) is 1.51. The molecular weight excluding hydrogens is 444 g/mol. The van der Waals surface area contributed by atoms with Crippen LogP contribution in [-0.2, 0) is 34.5 Å². The molecule has 0 saturated heterocycles. The first-order valence-corrected chi connectivity index (χ1v) is 11.2. The Balaban J connectivity index is 1.54. The number of carbonyl (C=O) groups excluding carboxylic acids is 1. The van der Waals surface area contributed by atoms with E-state index in [1.165, 1.54) is 18.0 Å². The summed E-state index contributed by atoms with van der Waals surface area (Å²) in [4.78, 5) is 14.2. The number of amides is 1. The number of aliphatic hydroxyl groups excluding tert-OH is 1. The van der Waals surface area contributed by atoms with E-state index < -0.39 is 28.9 Å². The molecule has 2 aromatic heterocycles. The van der Waals surface area contributed by atoms with E-state index >= 15 is 0 Å². The van der Waals surface area contributed by atoms with Crippen LogP contribution in [0.15, 0.2) is 47.6 Å². The SMILES string of the molecule is Cc1c(S(=O)(=O)n2cc3c(n2)CN(C(=O)[C@@H](CO)c2ccccc2)C3)cnn1CC(F)F. The average molecular weight is 465 g/mol. The van der Waals surface area contributed by atoms with Gasteiger partial charge in [-0.05, 0) is 12.5 Å². The number of nitrogens with zero attached hydrogens (tertiary/aromatic N) is 5. The van der Waals surface area contributed by atoms with E-state index in [0.29, 0.717) is 16.8 Å². The summed E-state index contributed by atoms with van der Waals surface area (Å²) in [5.41, 5.74) is 1.76. The second-order valence-corrected chi connectivity index (χ2v) is 9.25. The van der Waals surface area contributed by atoms with Crippen LogP contribution in [0.4, 0.5) is 8.78 Å². The van der Waals surface area contributed by atoms with Gasteiger partial charge in [-0.2, -0.15) is 22.7 Å². The summed E-state index contributed by atoms with van der Waals surface area (Å²) < 4.78 is 53.0. The van der Waals surface area contributed by atoms with Crippen LogP contribution in [0.25, 0.3) is 0 Å². The van der Waals surface area contributed by atoms with Gasteiger partial charge >= 0.3 is 0 Å². The van der Waals surface area contributed by atoms with E-state index in [1.54, 1.807) is 24.3 Å². The van der Waals surface area contributed by atoms with Crippen molar-refractivity contribution in [3.05, 3.63) is 65.2 Å². The third-order valence-electron chi connectivity index (χ3n) is 5.45. The first-order valence-electron chi connectivity index (χ1n) is 9.80. The zero-order valence-electron chi connectivity index (χ0n) is 17.1. The number of alkyl halides is 2. The quantitative estimate of drug-likeness (QED) is 0.566. The van der Waals surface area contributed by atoms with Gasteiger partial charge in [0.2, 0.25) is 5.91 Å². The first-order chi connectivity index (χ1) is 15.2. The molecule has 0 unspecified atom stereocenters. The van der Waals surface area contributed by atoms with E-state index in [4.69, 9.17) is 0 Å². The van der Waals surface area contributed by atoms with Gasteiger partial charge in [0.1, 0.15) is 11.4 Å². The highest BCUT2D eigenvalue weighted by molar-refractivity contribution is 7.89. The molecule has 1 atom stereocenters. The summed E-state index contributed by atoms with van der Waals surface area (Å²) in [6.07, 6.45) is -0.320. The smallest absolute Gasteiger partial charge is 0.286 e. The number of rotatable bonds is 7. The minimum Gasteiger partial charge on any atom is -0.395 e. The third kappa shape index (κ3) is 3.91. The van der Waals surface area contributed by atoms with Gasteiger partial charge in [0, 0.05) is 18.3 Å². The van der Waals surface area contributed by atoms with Crippen LogP contribution in [0, 0.1) is 6.92 Å². The number of carbonyl (C=O) groups is 1. The number of aliphatic hydroxyl groups is 1. The van der Waals surface area contributed by atoms with Crippen LogP contribution in [0.2, 0.25) is 0 Å². The Morgan fingerprint density at radius 3 is 2.56 bits per heavy atom. The molecule has 0 saturated carbocycles. The summed E-state index contributed by atoms with van der Waals surface area (Å²) in [6.45, 7) is 0.591. The predicted molar refractivity (Wildman–Crippen MR) is 108 cm³/mol. The molecule has 3 aromatic rings. The Morgan fingerprint density at radius 1 is 1.22 bits per heavy atom. The fourth-order valence-corrected chi connectivity index (χ4v) is 5.07. The Morgan fingerprint density at radius 2 is 1.94 bits per heavy atom. The molecule has 32 heavy (non-hydrogen) atoms. The number of benzene rings is 1. The number of hydrogen-bond acceptors (Lipinski definition) is 6. The second kappa shape index (κ2) is 8.43. The van der Waals surface area contributed by atoms with Gasteiger partial charge in [0.05, 0.1) is 36.7 Å². The number of halogens is 2. The fourth-order valence-electron chi connectivity index (χ4n) is 3.74. The average Bonchev–Trinajstić information content (AvgIpc) is 3.43. The molecule has 9 nitrogen and oxygen atoms in total. The maximum atomic E-state index is 13.0. The van der Waals surface area contributed by atoms with Crippen molar-refractivity contribution in [1.82, 2.24) is 23.9 Å². The Bertz CT molecular complexity index is 1220. The van der Waals surface area contributed by atoms with Crippen molar-refractivity contribution in [2.75, 3.05) is 6.61 Å². The van der Waals surface area contributed by atoms with Crippen molar-refractivity contribution >= 4 is 15.9 Å². The molecule has 3 heterocycles. The summed E-state index contributed by atoms with van der Waals surface area (Å²) in [7, 11) is -4.13. The molecule has 0 fully saturated rings. The third-order valence-corrected chi connectivity index (χ3v) is 7.08. The molecule has 1 aromatic carbocycles. The van der Waals surface area contributed by atoms with Crippen LogP contribution in [0.1, 0.15) is 28.4 Å². The Labute approximate surface area is 182 Å². The number of aromatic nitrogens is 4.